The highest BCUT2D eigenvalue weighted by Gasteiger charge is 2.28. The maximum Gasteiger partial charge on any atom is 0.472 e. The molecular formula is C42H76NO10P. The van der Waals surface area contributed by atoms with Crippen LogP contribution >= 0.6 is 7.82 Å². The van der Waals surface area contributed by atoms with Crippen LogP contribution in [0.3, 0.4) is 0 Å². The van der Waals surface area contributed by atoms with E-state index in [-0.39, 0.29) is 19.4 Å². The number of nitrogens with two attached hydrogens (primary N) is 1. The minimum absolute atomic E-state index is 0.114. The number of carboxylic acid groups (broad SMARTS) is 1. The van der Waals surface area contributed by atoms with Crippen LogP contribution in [0.1, 0.15) is 181 Å². The summed E-state index contributed by atoms with van der Waals surface area (Å²) >= 11 is 0. The predicted octanol–water partition coefficient (Wildman–Crippen LogP) is 10.8. The van der Waals surface area contributed by atoms with Crippen LogP contribution in [0.4, 0.5) is 0 Å². The molecule has 0 fully saturated rings. The lowest BCUT2D eigenvalue weighted by atomic mass is 10.0. The van der Waals surface area contributed by atoms with Crippen molar-refractivity contribution in [2.24, 2.45) is 5.73 Å². The fourth-order valence-corrected chi connectivity index (χ4v) is 6.32. The first-order valence-electron chi connectivity index (χ1n) is 21.0. The number of carboxylic acids is 1. The maximum absolute atomic E-state index is 12.6. The Balaban J connectivity index is 4.44. The lowest BCUT2D eigenvalue weighted by Gasteiger charge is -2.20. The smallest absolute Gasteiger partial charge is 0.472 e. The first-order valence-corrected chi connectivity index (χ1v) is 22.5. The largest absolute Gasteiger partial charge is 0.480 e. The summed E-state index contributed by atoms with van der Waals surface area (Å²) in [6, 6.07) is -1.53. The van der Waals surface area contributed by atoms with Crippen molar-refractivity contribution >= 4 is 25.7 Å². The summed E-state index contributed by atoms with van der Waals surface area (Å²) in [6.45, 7) is 2.73. The first-order chi connectivity index (χ1) is 26.1. The molecule has 0 amide bonds. The minimum Gasteiger partial charge on any atom is -0.480 e. The van der Waals surface area contributed by atoms with Crippen molar-refractivity contribution in [3.63, 3.8) is 0 Å². The van der Waals surface area contributed by atoms with Gasteiger partial charge in [-0.3, -0.25) is 23.4 Å². The third-order valence-corrected chi connectivity index (χ3v) is 9.84. The molecule has 0 saturated carbocycles. The molecule has 0 bridgehead atoms. The Hall–Kier alpha value is -2.30. The van der Waals surface area contributed by atoms with Crippen LogP contribution < -0.4 is 5.73 Å². The Kier molecular flexibility index (Phi) is 36.0. The van der Waals surface area contributed by atoms with E-state index in [0.29, 0.717) is 12.8 Å². The van der Waals surface area contributed by atoms with Crippen molar-refractivity contribution in [3.05, 3.63) is 36.5 Å². The van der Waals surface area contributed by atoms with Crippen LogP contribution in [0.5, 0.6) is 0 Å². The van der Waals surface area contributed by atoms with Crippen molar-refractivity contribution in [2.45, 2.75) is 193 Å². The van der Waals surface area contributed by atoms with E-state index >= 15 is 0 Å². The van der Waals surface area contributed by atoms with Gasteiger partial charge in [0, 0.05) is 12.8 Å². The Morgan fingerprint density at radius 2 is 0.981 bits per heavy atom. The summed E-state index contributed by atoms with van der Waals surface area (Å²) in [4.78, 5) is 45.9. The number of hydrogen-bond donors (Lipinski definition) is 3. The molecule has 0 rings (SSSR count). The molecule has 4 N–H and O–H groups in total. The second kappa shape index (κ2) is 37.6. The van der Waals surface area contributed by atoms with E-state index in [1.807, 2.05) is 0 Å². The van der Waals surface area contributed by atoms with Gasteiger partial charge in [0.2, 0.25) is 0 Å². The molecule has 0 heterocycles. The summed E-state index contributed by atoms with van der Waals surface area (Å²) in [5, 5.41) is 8.87. The van der Waals surface area contributed by atoms with Crippen LogP contribution in [0.25, 0.3) is 0 Å². The predicted molar refractivity (Wildman–Crippen MR) is 217 cm³/mol. The third-order valence-electron chi connectivity index (χ3n) is 8.89. The maximum atomic E-state index is 12.6. The molecule has 0 aliphatic heterocycles. The first kappa shape index (κ1) is 51.7. The standard InChI is InChI=1S/C42H76NO10P/c1-3-5-7-9-11-13-15-17-19-21-23-25-27-29-31-33-40(44)50-35-38(36-51-54(48,49)52-37-39(43)42(46)47)53-41(45)34-32-30-28-26-24-22-20-18-16-14-12-10-8-6-4-2/h12,14,18,20,24,26,38-39H,3-11,13,15-17,19,21-23,25,27-37,43H2,1-2H3,(H,46,47)(H,48,49)/b14-12-,20-18-,26-24-/t38-,39+/m1/s1. The highest BCUT2D eigenvalue weighted by Crippen LogP contribution is 2.43. The molecule has 0 radical (unpaired) electrons. The van der Waals surface area contributed by atoms with Gasteiger partial charge in [-0.1, -0.05) is 153 Å². The van der Waals surface area contributed by atoms with Gasteiger partial charge in [-0.15, -0.1) is 0 Å². The highest BCUT2D eigenvalue weighted by molar-refractivity contribution is 7.47. The van der Waals surface area contributed by atoms with E-state index in [1.165, 1.54) is 89.9 Å². The molecular weight excluding hydrogens is 709 g/mol. The number of carbonyl (C=O) groups excluding carboxylic acids is 2. The number of esters is 2. The number of phosphoric ester groups is 1. The van der Waals surface area contributed by atoms with Gasteiger partial charge in [-0.25, -0.2) is 4.57 Å². The number of unbranched alkanes of at least 4 members (excludes halogenated alkanes) is 19. The average molecular weight is 786 g/mol. The molecule has 314 valence electrons. The number of carbonyl (C=O) groups is 3. The second-order valence-corrected chi connectivity index (χ2v) is 15.6. The van der Waals surface area contributed by atoms with Crippen molar-refractivity contribution in [3.8, 4) is 0 Å². The molecule has 54 heavy (non-hydrogen) atoms. The summed E-state index contributed by atoms with van der Waals surface area (Å²) in [5.74, 6) is -2.42. The molecule has 0 saturated heterocycles. The van der Waals surface area contributed by atoms with Crippen molar-refractivity contribution < 1.29 is 47.5 Å². The van der Waals surface area contributed by atoms with Gasteiger partial charge in [-0.2, -0.15) is 0 Å². The molecule has 11 nitrogen and oxygen atoms in total. The van der Waals surface area contributed by atoms with Crippen molar-refractivity contribution in [1.82, 2.24) is 0 Å². The molecule has 0 aliphatic rings. The van der Waals surface area contributed by atoms with E-state index in [2.05, 4.69) is 54.8 Å². The van der Waals surface area contributed by atoms with Gasteiger partial charge in [0.25, 0.3) is 0 Å². The van der Waals surface area contributed by atoms with Crippen molar-refractivity contribution in [1.29, 1.82) is 0 Å². The number of phosphoric acid groups is 1. The Morgan fingerprint density at radius 1 is 0.574 bits per heavy atom. The second-order valence-electron chi connectivity index (χ2n) is 14.1. The van der Waals surface area contributed by atoms with Crippen LogP contribution in [0, 0.1) is 0 Å². The van der Waals surface area contributed by atoms with Crippen LogP contribution in [-0.4, -0.2) is 59.9 Å². The quantitative estimate of drug-likeness (QED) is 0.0234. The summed E-state index contributed by atoms with van der Waals surface area (Å²) in [7, 11) is -4.72. The van der Waals surface area contributed by atoms with Gasteiger partial charge < -0.3 is 25.2 Å². The van der Waals surface area contributed by atoms with Crippen LogP contribution in [0.15, 0.2) is 36.5 Å². The third kappa shape index (κ3) is 36.7. The minimum atomic E-state index is -4.72. The average Bonchev–Trinajstić information content (AvgIpc) is 3.14. The Bertz CT molecular complexity index is 1060. The molecule has 0 aromatic carbocycles. The van der Waals surface area contributed by atoms with E-state index in [9.17, 15) is 23.8 Å². The fraction of sp³-hybridized carbons (Fsp3) is 0.786. The summed E-state index contributed by atoms with van der Waals surface area (Å²) in [5.41, 5.74) is 5.32. The van der Waals surface area contributed by atoms with E-state index in [4.69, 9.17) is 24.8 Å². The molecule has 0 aromatic rings. The van der Waals surface area contributed by atoms with Gasteiger partial charge in [0.1, 0.15) is 12.6 Å². The van der Waals surface area contributed by atoms with Gasteiger partial charge in [0.05, 0.1) is 13.2 Å². The lowest BCUT2D eigenvalue weighted by Crippen LogP contribution is -2.34. The number of hydrogen-bond acceptors (Lipinski definition) is 9. The monoisotopic (exact) mass is 786 g/mol. The van der Waals surface area contributed by atoms with Gasteiger partial charge in [0.15, 0.2) is 6.10 Å². The molecule has 0 spiro atoms. The van der Waals surface area contributed by atoms with Gasteiger partial charge >= 0.3 is 25.7 Å². The van der Waals surface area contributed by atoms with Crippen molar-refractivity contribution in [2.75, 3.05) is 19.8 Å². The normalized spacial score (nSPS) is 14.1. The topological polar surface area (TPSA) is 172 Å². The van der Waals surface area contributed by atoms with E-state index < -0.39 is 51.1 Å². The van der Waals surface area contributed by atoms with E-state index in [0.717, 1.165) is 51.4 Å². The molecule has 0 aromatic heterocycles. The number of aliphatic carboxylic acids is 1. The van der Waals surface area contributed by atoms with Crippen LogP contribution in [0.2, 0.25) is 0 Å². The fourth-order valence-electron chi connectivity index (χ4n) is 5.54. The van der Waals surface area contributed by atoms with Gasteiger partial charge in [-0.05, 0) is 51.4 Å². The molecule has 1 unspecified atom stereocenters. The zero-order chi connectivity index (χ0) is 40.0. The SMILES string of the molecule is CCCCC/C=C\C/C=C\C/C=C\CCCCC(=O)O[C@H](COC(=O)CCCCCCCCCCCCCCCCC)COP(=O)(O)OC[C@H](N)C(=O)O. The zero-order valence-corrected chi connectivity index (χ0v) is 34.7. The number of rotatable bonds is 39. The molecule has 0 aliphatic carbocycles. The number of allylic oxidation sites excluding steroid dienone is 6. The zero-order valence-electron chi connectivity index (χ0n) is 33.8. The molecule has 3 atom stereocenters. The van der Waals surface area contributed by atoms with E-state index in [1.54, 1.807) is 0 Å². The van der Waals surface area contributed by atoms with Crippen LogP contribution in [-0.2, 0) is 37.5 Å². The molecule has 12 heteroatoms. The Labute approximate surface area is 327 Å². The number of ether oxygens (including phenoxy) is 2. The lowest BCUT2D eigenvalue weighted by molar-refractivity contribution is -0.161. The summed E-state index contributed by atoms with van der Waals surface area (Å²) < 4.78 is 32.6. The highest BCUT2D eigenvalue weighted by atomic mass is 31.2. The summed E-state index contributed by atoms with van der Waals surface area (Å²) in [6.07, 6.45) is 39.2. The Morgan fingerprint density at radius 3 is 1.50 bits per heavy atom.